The van der Waals surface area contributed by atoms with Crippen molar-refractivity contribution in [2.75, 3.05) is 45.8 Å². The zero-order valence-corrected chi connectivity index (χ0v) is 14.3. The van der Waals surface area contributed by atoms with Crippen LogP contribution in [0.25, 0.3) is 0 Å². The molecule has 3 saturated heterocycles. The third-order valence-electron chi connectivity index (χ3n) is 5.05. The molecular formula is C16H25N5O4. The first-order chi connectivity index (χ1) is 12.0. The van der Waals surface area contributed by atoms with E-state index in [4.69, 9.17) is 0 Å². The molecule has 1 atom stereocenters. The summed E-state index contributed by atoms with van der Waals surface area (Å²) in [6.07, 6.45) is 2.72. The van der Waals surface area contributed by atoms with Crippen LogP contribution in [-0.2, 0) is 14.4 Å². The van der Waals surface area contributed by atoms with Gasteiger partial charge in [0.1, 0.15) is 6.04 Å². The van der Waals surface area contributed by atoms with E-state index in [1.807, 2.05) is 4.90 Å². The maximum atomic E-state index is 12.3. The number of amides is 5. The van der Waals surface area contributed by atoms with Gasteiger partial charge in [0.05, 0.1) is 6.54 Å². The summed E-state index contributed by atoms with van der Waals surface area (Å²) in [6.45, 7) is 4.71. The van der Waals surface area contributed by atoms with Crippen molar-refractivity contribution < 1.29 is 19.2 Å². The van der Waals surface area contributed by atoms with Crippen LogP contribution in [0.5, 0.6) is 0 Å². The lowest BCUT2D eigenvalue weighted by atomic mass is 10.1. The minimum Gasteiger partial charge on any atom is -0.342 e. The molecular weight excluding hydrogens is 326 g/mol. The van der Waals surface area contributed by atoms with Gasteiger partial charge in [0.2, 0.25) is 11.8 Å². The first-order valence-electron chi connectivity index (χ1n) is 8.92. The van der Waals surface area contributed by atoms with Crippen molar-refractivity contribution in [3.05, 3.63) is 0 Å². The molecule has 3 aliphatic heterocycles. The lowest BCUT2D eigenvalue weighted by molar-refractivity contribution is -0.134. The van der Waals surface area contributed by atoms with E-state index in [1.165, 1.54) is 0 Å². The first-order valence-corrected chi connectivity index (χ1v) is 8.92. The van der Waals surface area contributed by atoms with Gasteiger partial charge in [-0.15, -0.1) is 0 Å². The maximum Gasteiger partial charge on any atom is 0.322 e. The van der Waals surface area contributed by atoms with Crippen LogP contribution in [0.15, 0.2) is 0 Å². The highest BCUT2D eigenvalue weighted by molar-refractivity contribution is 6.04. The number of nitrogens with one attached hydrogen (secondary N) is 2. The smallest absolute Gasteiger partial charge is 0.322 e. The molecule has 0 aliphatic carbocycles. The predicted octanol–water partition coefficient (Wildman–Crippen LogP) is -1.26. The van der Waals surface area contributed by atoms with E-state index in [9.17, 15) is 19.2 Å². The van der Waals surface area contributed by atoms with Gasteiger partial charge in [-0.2, -0.15) is 0 Å². The zero-order chi connectivity index (χ0) is 17.8. The summed E-state index contributed by atoms with van der Waals surface area (Å²) in [5.74, 6) is -0.206. The fraction of sp³-hybridized carbons (Fsp3) is 0.750. The molecule has 3 heterocycles. The molecule has 0 bridgehead atoms. The van der Waals surface area contributed by atoms with E-state index < -0.39 is 12.1 Å². The molecule has 0 radical (unpaired) electrons. The molecule has 0 aromatic rings. The third-order valence-corrected chi connectivity index (χ3v) is 5.05. The summed E-state index contributed by atoms with van der Waals surface area (Å²) in [4.78, 5) is 52.7. The molecule has 5 amide bonds. The normalized spacial score (nSPS) is 24.4. The fourth-order valence-electron chi connectivity index (χ4n) is 3.50. The van der Waals surface area contributed by atoms with Crippen molar-refractivity contribution in [3.63, 3.8) is 0 Å². The van der Waals surface area contributed by atoms with Crippen molar-refractivity contribution in [2.45, 2.75) is 31.7 Å². The first kappa shape index (κ1) is 17.7. The fourth-order valence-corrected chi connectivity index (χ4v) is 3.50. The molecule has 1 unspecified atom stereocenters. The predicted molar refractivity (Wildman–Crippen MR) is 88.5 cm³/mol. The van der Waals surface area contributed by atoms with Gasteiger partial charge in [0, 0.05) is 45.7 Å². The van der Waals surface area contributed by atoms with Gasteiger partial charge in [-0.3, -0.25) is 24.6 Å². The van der Waals surface area contributed by atoms with Crippen LogP contribution in [0.4, 0.5) is 4.79 Å². The number of piperazine rings is 1. The number of imide groups is 1. The molecule has 0 aromatic heterocycles. The summed E-state index contributed by atoms with van der Waals surface area (Å²) in [6, 6.07) is -1.12. The summed E-state index contributed by atoms with van der Waals surface area (Å²) in [5.41, 5.74) is 0. The van der Waals surface area contributed by atoms with Crippen LogP contribution in [-0.4, -0.2) is 90.3 Å². The number of hydrogen-bond acceptors (Lipinski definition) is 5. The van der Waals surface area contributed by atoms with Crippen molar-refractivity contribution in [1.29, 1.82) is 0 Å². The summed E-state index contributed by atoms with van der Waals surface area (Å²) >= 11 is 0. The van der Waals surface area contributed by atoms with Crippen LogP contribution in [0.3, 0.4) is 0 Å². The average Bonchev–Trinajstić information content (AvgIpc) is 3.23. The van der Waals surface area contributed by atoms with E-state index in [2.05, 4.69) is 15.5 Å². The third kappa shape index (κ3) is 4.47. The lowest BCUT2D eigenvalue weighted by Gasteiger charge is -2.35. The molecule has 3 fully saturated rings. The second-order valence-electron chi connectivity index (χ2n) is 6.80. The Morgan fingerprint density at radius 3 is 2.16 bits per heavy atom. The van der Waals surface area contributed by atoms with Gasteiger partial charge in [-0.05, 0) is 19.3 Å². The summed E-state index contributed by atoms with van der Waals surface area (Å²) in [7, 11) is 0. The molecule has 138 valence electrons. The van der Waals surface area contributed by atoms with E-state index in [0.717, 1.165) is 25.9 Å². The van der Waals surface area contributed by atoms with Gasteiger partial charge < -0.3 is 15.1 Å². The largest absolute Gasteiger partial charge is 0.342 e. The Balaban J connectivity index is 1.36. The van der Waals surface area contributed by atoms with Gasteiger partial charge in [0.15, 0.2) is 0 Å². The Labute approximate surface area is 146 Å². The molecule has 3 aliphatic rings. The Kier molecular flexibility index (Phi) is 5.52. The second kappa shape index (κ2) is 7.81. The highest BCUT2D eigenvalue weighted by atomic mass is 16.2. The molecule has 25 heavy (non-hydrogen) atoms. The van der Waals surface area contributed by atoms with Crippen LogP contribution in [0.1, 0.15) is 25.7 Å². The molecule has 2 N–H and O–H groups in total. The van der Waals surface area contributed by atoms with Gasteiger partial charge in [0.25, 0.3) is 5.91 Å². The Morgan fingerprint density at radius 1 is 0.920 bits per heavy atom. The highest BCUT2D eigenvalue weighted by Gasteiger charge is 2.31. The maximum absolute atomic E-state index is 12.3. The number of likely N-dealkylation sites (tertiary alicyclic amines) is 1. The molecule has 0 saturated carbocycles. The van der Waals surface area contributed by atoms with Crippen molar-refractivity contribution in [1.82, 2.24) is 25.3 Å². The lowest BCUT2D eigenvalue weighted by Crippen LogP contribution is -2.51. The number of urea groups is 1. The Bertz CT molecular complexity index is 553. The number of hydrogen-bond donors (Lipinski definition) is 2. The van der Waals surface area contributed by atoms with Crippen molar-refractivity contribution in [2.24, 2.45) is 0 Å². The monoisotopic (exact) mass is 351 g/mol. The molecule has 9 heteroatoms. The number of rotatable bonds is 5. The second-order valence-corrected chi connectivity index (χ2v) is 6.80. The standard InChI is InChI=1S/C16H25N5O4/c22-13(4-3-12-15(24)18-16(25)17-12)21-9-7-19(8-10-21)11-14(23)20-5-1-2-6-20/h12H,1-11H2,(H2,17,18,24,25). The van der Waals surface area contributed by atoms with E-state index in [-0.39, 0.29) is 24.1 Å². The molecule has 0 aromatic carbocycles. The van der Waals surface area contributed by atoms with Crippen molar-refractivity contribution >= 4 is 23.8 Å². The van der Waals surface area contributed by atoms with Crippen LogP contribution in [0, 0.1) is 0 Å². The molecule has 9 nitrogen and oxygen atoms in total. The highest BCUT2D eigenvalue weighted by Crippen LogP contribution is 2.11. The number of nitrogens with zero attached hydrogens (tertiary/aromatic N) is 3. The van der Waals surface area contributed by atoms with E-state index in [0.29, 0.717) is 39.1 Å². The van der Waals surface area contributed by atoms with Crippen LogP contribution < -0.4 is 10.6 Å². The Morgan fingerprint density at radius 2 is 1.56 bits per heavy atom. The number of carbonyl (C=O) groups excluding carboxylic acids is 4. The average molecular weight is 351 g/mol. The van der Waals surface area contributed by atoms with E-state index in [1.54, 1.807) is 4.90 Å². The minimum atomic E-state index is -0.615. The summed E-state index contributed by atoms with van der Waals surface area (Å²) in [5, 5.41) is 4.66. The quantitative estimate of drug-likeness (QED) is 0.602. The zero-order valence-electron chi connectivity index (χ0n) is 14.3. The minimum absolute atomic E-state index is 0.0144. The van der Waals surface area contributed by atoms with Crippen LogP contribution >= 0.6 is 0 Å². The van der Waals surface area contributed by atoms with Gasteiger partial charge >= 0.3 is 6.03 Å². The molecule has 0 spiro atoms. The van der Waals surface area contributed by atoms with Crippen molar-refractivity contribution in [3.8, 4) is 0 Å². The van der Waals surface area contributed by atoms with Crippen LogP contribution in [0.2, 0.25) is 0 Å². The Hall–Kier alpha value is -2.16. The van der Waals surface area contributed by atoms with Gasteiger partial charge in [-0.25, -0.2) is 4.79 Å². The molecule has 3 rings (SSSR count). The topological polar surface area (TPSA) is 102 Å². The van der Waals surface area contributed by atoms with E-state index >= 15 is 0 Å². The SMILES string of the molecule is O=C1NC(=O)C(CCC(=O)N2CCN(CC(=O)N3CCCC3)CC2)N1. The summed E-state index contributed by atoms with van der Waals surface area (Å²) < 4.78 is 0. The van der Waals surface area contributed by atoms with Gasteiger partial charge in [-0.1, -0.05) is 0 Å². The number of carbonyl (C=O) groups is 4.